The molecule has 4 aromatic rings. The number of rotatable bonds is 6. The summed E-state index contributed by atoms with van der Waals surface area (Å²) in [7, 11) is 1.52. The molecule has 1 N–H and O–H groups in total. The average Bonchev–Trinajstić information content (AvgIpc) is 3.33. The van der Waals surface area contributed by atoms with Gasteiger partial charge in [0.15, 0.2) is 11.5 Å². The first-order chi connectivity index (χ1) is 16.3. The first-order valence-electron chi connectivity index (χ1n) is 10.0. The Morgan fingerprint density at radius 1 is 1.00 bits per heavy atom. The van der Waals surface area contributed by atoms with Crippen LogP contribution in [0, 0.1) is 11.3 Å². The number of hydrogen-bond donors (Lipinski definition) is 1. The molecule has 34 heavy (non-hydrogen) atoms. The molecule has 1 aromatic heterocycles. The van der Waals surface area contributed by atoms with Crippen molar-refractivity contribution >= 4 is 15.9 Å². The zero-order valence-electron chi connectivity index (χ0n) is 17.8. The average molecular weight is 528 g/mol. The van der Waals surface area contributed by atoms with Crippen LogP contribution in [0.3, 0.4) is 0 Å². The summed E-state index contributed by atoms with van der Waals surface area (Å²) in [5, 5.41) is 9.33. The summed E-state index contributed by atoms with van der Waals surface area (Å²) < 4.78 is 50.6. The van der Waals surface area contributed by atoms with Crippen LogP contribution < -0.4 is 9.47 Å². The lowest BCUT2D eigenvalue weighted by Gasteiger charge is -2.13. The summed E-state index contributed by atoms with van der Waals surface area (Å²) in [5.41, 5.74) is 2.50. The molecule has 0 unspecified atom stereocenters. The fraction of sp³-hybridized carbons (Fsp3) is 0.120. The van der Waals surface area contributed by atoms with E-state index in [1.165, 1.54) is 19.2 Å². The number of alkyl halides is 3. The van der Waals surface area contributed by atoms with Crippen LogP contribution in [0.1, 0.15) is 16.7 Å². The standard InChI is InChI=1S/C25H17BrF3N3O2/c1-33-23-11-16(5-9-22(23)34-14-17-4-8-20(26)10-18(17)12-30)21-13-31-24(32-21)15-2-6-19(7-3-15)25(27,28)29/h2-11,13H,14H2,1H3,(H,31,32). The number of nitriles is 1. The molecule has 4 rings (SSSR count). The number of aromatic amines is 1. The number of benzene rings is 3. The van der Waals surface area contributed by atoms with Crippen molar-refractivity contribution in [1.82, 2.24) is 9.97 Å². The van der Waals surface area contributed by atoms with Gasteiger partial charge in [0.25, 0.3) is 0 Å². The van der Waals surface area contributed by atoms with E-state index in [0.717, 1.165) is 27.7 Å². The van der Waals surface area contributed by atoms with Gasteiger partial charge in [-0.1, -0.05) is 34.1 Å². The van der Waals surface area contributed by atoms with Gasteiger partial charge in [0, 0.05) is 21.2 Å². The molecule has 0 spiro atoms. The van der Waals surface area contributed by atoms with Crippen LogP contribution in [-0.2, 0) is 12.8 Å². The number of H-pyrrole nitrogens is 1. The van der Waals surface area contributed by atoms with Gasteiger partial charge in [-0.05, 0) is 42.5 Å². The fourth-order valence-electron chi connectivity index (χ4n) is 3.32. The monoisotopic (exact) mass is 527 g/mol. The Bertz CT molecular complexity index is 1360. The number of hydrogen-bond acceptors (Lipinski definition) is 4. The van der Waals surface area contributed by atoms with Crippen molar-refractivity contribution in [1.29, 1.82) is 5.26 Å². The number of aromatic nitrogens is 2. The van der Waals surface area contributed by atoms with E-state index in [4.69, 9.17) is 9.47 Å². The molecule has 5 nitrogen and oxygen atoms in total. The van der Waals surface area contributed by atoms with Crippen LogP contribution >= 0.6 is 15.9 Å². The Kier molecular flexibility index (Phi) is 6.61. The fourth-order valence-corrected chi connectivity index (χ4v) is 3.68. The SMILES string of the molecule is COc1cc(-c2cnc(-c3ccc(C(F)(F)F)cc3)[nH]2)ccc1OCc1ccc(Br)cc1C#N. The second kappa shape index (κ2) is 9.61. The second-order valence-corrected chi connectivity index (χ2v) is 8.20. The lowest BCUT2D eigenvalue weighted by molar-refractivity contribution is -0.137. The topological polar surface area (TPSA) is 70.9 Å². The third-order valence-corrected chi connectivity index (χ3v) is 5.60. The van der Waals surface area contributed by atoms with Gasteiger partial charge in [0.05, 0.1) is 36.2 Å². The first kappa shape index (κ1) is 23.4. The highest BCUT2D eigenvalue weighted by molar-refractivity contribution is 9.10. The Hall–Kier alpha value is -3.77. The maximum absolute atomic E-state index is 12.8. The number of imidazole rings is 1. The van der Waals surface area contributed by atoms with E-state index >= 15 is 0 Å². The summed E-state index contributed by atoms with van der Waals surface area (Å²) >= 11 is 3.35. The lowest BCUT2D eigenvalue weighted by Crippen LogP contribution is -2.04. The Morgan fingerprint density at radius 2 is 1.74 bits per heavy atom. The molecule has 9 heteroatoms. The van der Waals surface area contributed by atoms with E-state index < -0.39 is 11.7 Å². The van der Waals surface area contributed by atoms with E-state index in [-0.39, 0.29) is 6.61 Å². The maximum atomic E-state index is 12.8. The van der Waals surface area contributed by atoms with Crippen molar-refractivity contribution < 1.29 is 22.6 Å². The van der Waals surface area contributed by atoms with Crippen LogP contribution in [0.25, 0.3) is 22.6 Å². The molecule has 0 saturated heterocycles. The molecule has 0 radical (unpaired) electrons. The Balaban J connectivity index is 1.53. The largest absolute Gasteiger partial charge is 0.493 e. The molecular weight excluding hydrogens is 511 g/mol. The van der Waals surface area contributed by atoms with Crippen LogP contribution in [-0.4, -0.2) is 17.1 Å². The summed E-state index contributed by atoms with van der Waals surface area (Å²) in [6.07, 6.45) is -2.79. The van der Waals surface area contributed by atoms with Gasteiger partial charge in [-0.15, -0.1) is 0 Å². The Labute approximate surface area is 201 Å². The molecule has 0 bridgehead atoms. The molecule has 3 aromatic carbocycles. The van der Waals surface area contributed by atoms with Gasteiger partial charge >= 0.3 is 6.18 Å². The van der Waals surface area contributed by atoms with Crippen molar-refractivity contribution in [2.45, 2.75) is 12.8 Å². The van der Waals surface area contributed by atoms with Crippen molar-refractivity contribution in [2.24, 2.45) is 0 Å². The molecule has 0 amide bonds. The zero-order chi connectivity index (χ0) is 24.3. The van der Waals surface area contributed by atoms with Crippen LogP contribution in [0.5, 0.6) is 11.5 Å². The third-order valence-electron chi connectivity index (χ3n) is 5.11. The molecule has 172 valence electrons. The van der Waals surface area contributed by atoms with Gasteiger partial charge < -0.3 is 14.5 Å². The third kappa shape index (κ3) is 5.07. The van der Waals surface area contributed by atoms with Crippen molar-refractivity contribution in [3.8, 4) is 40.2 Å². The zero-order valence-corrected chi connectivity index (χ0v) is 19.4. The molecule has 1 heterocycles. The highest BCUT2D eigenvalue weighted by Gasteiger charge is 2.30. The van der Waals surface area contributed by atoms with Gasteiger partial charge in [-0.3, -0.25) is 0 Å². The highest BCUT2D eigenvalue weighted by Crippen LogP contribution is 2.34. The van der Waals surface area contributed by atoms with Crippen molar-refractivity contribution in [2.75, 3.05) is 7.11 Å². The number of ether oxygens (including phenoxy) is 2. The summed E-state index contributed by atoms with van der Waals surface area (Å²) in [4.78, 5) is 7.42. The van der Waals surface area contributed by atoms with E-state index in [9.17, 15) is 18.4 Å². The Morgan fingerprint density at radius 3 is 2.41 bits per heavy atom. The summed E-state index contributed by atoms with van der Waals surface area (Å²) in [6.45, 7) is 0.188. The summed E-state index contributed by atoms with van der Waals surface area (Å²) in [5.74, 6) is 1.43. The van der Waals surface area contributed by atoms with E-state index in [0.29, 0.717) is 34.1 Å². The highest BCUT2D eigenvalue weighted by atomic mass is 79.9. The van der Waals surface area contributed by atoms with Crippen molar-refractivity contribution in [3.05, 3.63) is 88.0 Å². The summed E-state index contributed by atoms with van der Waals surface area (Å²) in [6, 6.07) is 17.7. The minimum atomic E-state index is -4.39. The van der Waals surface area contributed by atoms with Gasteiger partial charge in [0.1, 0.15) is 12.4 Å². The minimum absolute atomic E-state index is 0.188. The number of nitrogens with one attached hydrogen (secondary N) is 1. The second-order valence-electron chi connectivity index (χ2n) is 7.29. The molecule has 0 atom stereocenters. The molecule has 0 saturated carbocycles. The molecule has 0 aliphatic rings. The van der Waals surface area contributed by atoms with Crippen LogP contribution in [0.4, 0.5) is 13.2 Å². The van der Waals surface area contributed by atoms with E-state index in [2.05, 4.69) is 32.0 Å². The van der Waals surface area contributed by atoms with E-state index in [1.807, 2.05) is 18.2 Å². The quantitative estimate of drug-likeness (QED) is 0.293. The normalized spacial score (nSPS) is 11.2. The molecular formula is C25H17BrF3N3O2. The minimum Gasteiger partial charge on any atom is -0.493 e. The number of methoxy groups -OCH3 is 1. The molecule has 0 fully saturated rings. The van der Waals surface area contributed by atoms with Crippen LogP contribution in [0.15, 0.2) is 71.3 Å². The maximum Gasteiger partial charge on any atom is 0.416 e. The van der Waals surface area contributed by atoms with Gasteiger partial charge in [-0.25, -0.2) is 4.98 Å². The smallest absolute Gasteiger partial charge is 0.416 e. The number of halogens is 4. The van der Waals surface area contributed by atoms with Crippen LogP contribution in [0.2, 0.25) is 0 Å². The van der Waals surface area contributed by atoms with Crippen molar-refractivity contribution in [3.63, 3.8) is 0 Å². The van der Waals surface area contributed by atoms with E-state index in [1.54, 1.807) is 24.4 Å². The molecule has 0 aliphatic carbocycles. The first-order valence-corrected chi connectivity index (χ1v) is 10.8. The van der Waals surface area contributed by atoms with Gasteiger partial charge in [-0.2, -0.15) is 18.4 Å². The predicted molar refractivity (Wildman–Crippen MR) is 124 cm³/mol. The number of nitrogens with zero attached hydrogens (tertiary/aromatic N) is 2. The van der Waals surface area contributed by atoms with Gasteiger partial charge in [0.2, 0.25) is 0 Å². The molecule has 0 aliphatic heterocycles. The lowest BCUT2D eigenvalue weighted by atomic mass is 10.1. The predicted octanol–water partition coefficient (Wildman–Crippen LogP) is 6.98.